The lowest BCUT2D eigenvalue weighted by molar-refractivity contribution is 0.604. The monoisotopic (exact) mass is 298 g/mol. The molecule has 1 aromatic carbocycles. The molecule has 0 spiro atoms. The Hall–Kier alpha value is -2.09. The molecule has 2 N–H and O–H groups in total. The number of nitrogens with one attached hydrogen (secondary N) is 2. The van der Waals surface area contributed by atoms with E-state index in [1.54, 1.807) is 16.9 Å². The smallest absolute Gasteiger partial charge is 0.229 e. The van der Waals surface area contributed by atoms with Crippen LogP contribution in [0.25, 0.3) is 0 Å². The van der Waals surface area contributed by atoms with Crippen LogP contribution >= 0.6 is 0 Å². The highest BCUT2D eigenvalue weighted by Gasteiger charge is 2.08. The van der Waals surface area contributed by atoms with Gasteiger partial charge in [0.2, 0.25) is 10.0 Å². The van der Waals surface area contributed by atoms with Crippen LogP contribution in [0.4, 0.5) is 15.8 Å². The normalized spacial score (nSPS) is 11.3. The van der Waals surface area contributed by atoms with Gasteiger partial charge in [-0.15, -0.1) is 0 Å². The molecule has 2 rings (SSSR count). The molecule has 6 nitrogen and oxygen atoms in total. The second kappa shape index (κ2) is 5.49. The van der Waals surface area contributed by atoms with E-state index in [2.05, 4.69) is 15.1 Å². The molecule has 0 unspecified atom stereocenters. The van der Waals surface area contributed by atoms with Crippen molar-refractivity contribution >= 4 is 21.4 Å². The zero-order chi connectivity index (χ0) is 14.8. The van der Waals surface area contributed by atoms with Gasteiger partial charge in [0.25, 0.3) is 0 Å². The Balaban J connectivity index is 2.13. The van der Waals surface area contributed by atoms with E-state index in [1.807, 2.05) is 13.1 Å². The van der Waals surface area contributed by atoms with Gasteiger partial charge in [-0.25, -0.2) is 12.8 Å². The molecule has 8 heteroatoms. The van der Waals surface area contributed by atoms with E-state index < -0.39 is 15.8 Å². The predicted octanol–water partition coefficient (Wildman–Crippen LogP) is 1.54. The second-order valence-corrected chi connectivity index (χ2v) is 6.12. The van der Waals surface area contributed by atoms with Gasteiger partial charge in [-0.1, -0.05) is 0 Å². The van der Waals surface area contributed by atoms with Gasteiger partial charge in [-0.05, 0) is 24.3 Å². The third kappa shape index (κ3) is 3.70. The van der Waals surface area contributed by atoms with Gasteiger partial charge in [0.05, 0.1) is 24.2 Å². The summed E-state index contributed by atoms with van der Waals surface area (Å²) < 4.78 is 39.6. The first-order valence-corrected chi connectivity index (χ1v) is 7.72. The van der Waals surface area contributed by atoms with Crippen LogP contribution in [-0.2, 0) is 23.6 Å². The van der Waals surface area contributed by atoms with Crippen molar-refractivity contribution in [1.29, 1.82) is 0 Å². The SMILES string of the molecule is Cn1nccc1CNc1ccc(F)c(NS(C)(=O)=O)c1. The van der Waals surface area contributed by atoms with Crippen LogP contribution < -0.4 is 10.0 Å². The summed E-state index contributed by atoms with van der Waals surface area (Å²) >= 11 is 0. The summed E-state index contributed by atoms with van der Waals surface area (Å²) in [6.45, 7) is 0.500. The Labute approximate surface area is 116 Å². The molecule has 108 valence electrons. The topological polar surface area (TPSA) is 76.0 Å². The predicted molar refractivity (Wildman–Crippen MR) is 75.4 cm³/mol. The summed E-state index contributed by atoms with van der Waals surface area (Å²) in [7, 11) is -1.70. The molecule has 0 atom stereocenters. The minimum absolute atomic E-state index is 0.0810. The third-order valence-electron chi connectivity index (χ3n) is 2.66. The maximum Gasteiger partial charge on any atom is 0.229 e. The Morgan fingerprint density at radius 1 is 1.35 bits per heavy atom. The Bertz CT molecular complexity index is 712. The van der Waals surface area contributed by atoms with Gasteiger partial charge in [0.15, 0.2) is 0 Å². The number of aromatic nitrogens is 2. The summed E-state index contributed by atoms with van der Waals surface area (Å²) in [5.41, 5.74) is 1.48. The van der Waals surface area contributed by atoms with Gasteiger partial charge < -0.3 is 5.32 Å². The maximum absolute atomic E-state index is 13.5. The van der Waals surface area contributed by atoms with Crippen molar-refractivity contribution in [2.45, 2.75) is 6.54 Å². The summed E-state index contributed by atoms with van der Waals surface area (Å²) in [5.74, 6) is -0.624. The average molecular weight is 298 g/mol. The van der Waals surface area contributed by atoms with Crippen LogP contribution in [-0.4, -0.2) is 24.5 Å². The van der Waals surface area contributed by atoms with Crippen molar-refractivity contribution in [2.24, 2.45) is 7.05 Å². The van der Waals surface area contributed by atoms with E-state index >= 15 is 0 Å². The lowest BCUT2D eigenvalue weighted by Crippen LogP contribution is -2.11. The average Bonchev–Trinajstić information content (AvgIpc) is 2.74. The maximum atomic E-state index is 13.5. The molecule has 0 radical (unpaired) electrons. The van der Waals surface area contributed by atoms with E-state index in [1.165, 1.54) is 12.1 Å². The number of benzene rings is 1. The number of anilines is 2. The van der Waals surface area contributed by atoms with Gasteiger partial charge in [-0.3, -0.25) is 9.40 Å². The summed E-state index contributed by atoms with van der Waals surface area (Å²) in [4.78, 5) is 0. The highest BCUT2D eigenvalue weighted by atomic mass is 32.2. The second-order valence-electron chi connectivity index (χ2n) is 4.37. The lowest BCUT2D eigenvalue weighted by Gasteiger charge is -2.10. The van der Waals surface area contributed by atoms with Gasteiger partial charge in [0, 0.05) is 18.9 Å². The molecule has 0 amide bonds. The van der Waals surface area contributed by atoms with Crippen LogP contribution in [0.5, 0.6) is 0 Å². The fourth-order valence-electron chi connectivity index (χ4n) is 1.68. The zero-order valence-corrected chi connectivity index (χ0v) is 11.9. The highest BCUT2D eigenvalue weighted by molar-refractivity contribution is 7.92. The van der Waals surface area contributed by atoms with Crippen molar-refractivity contribution in [3.8, 4) is 0 Å². The van der Waals surface area contributed by atoms with Gasteiger partial charge >= 0.3 is 0 Å². The minimum Gasteiger partial charge on any atom is -0.379 e. The van der Waals surface area contributed by atoms with Crippen molar-refractivity contribution in [3.05, 3.63) is 42.0 Å². The Kier molecular flexibility index (Phi) is 3.93. The van der Waals surface area contributed by atoms with E-state index in [0.29, 0.717) is 12.2 Å². The number of hydrogen-bond donors (Lipinski definition) is 2. The minimum atomic E-state index is -3.51. The first-order valence-electron chi connectivity index (χ1n) is 5.83. The molecule has 0 saturated heterocycles. The van der Waals surface area contributed by atoms with E-state index in [9.17, 15) is 12.8 Å². The number of rotatable bonds is 5. The number of hydrogen-bond acceptors (Lipinski definition) is 4. The largest absolute Gasteiger partial charge is 0.379 e. The number of sulfonamides is 1. The number of nitrogens with zero attached hydrogens (tertiary/aromatic N) is 2. The van der Waals surface area contributed by atoms with Crippen molar-refractivity contribution < 1.29 is 12.8 Å². The zero-order valence-electron chi connectivity index (χ0n) is 11.1. The summed E-state index contributed by atoms with van der Waals surface area (Å²) in [6.07, 6.45) is 2.65. The van der Waals surface area contributed by atoms with Gasteiger partial charge in [-0.2, -0.15) is 5.10 Å². The van der Waals surface area contributed by atoms with Crippen molar-refractivity contribution in [3.63, 3.8) is 0 Å². The molecular formula is C12H15FN4O2S. The standard InChI is InChI=1S/C12H15FN4O2S/c1-17-10(5-6-15-17)8-14-9-3-4-11(13)12(7-9)16-20(2,18)19/h3-7,14,16H,8H2,1-2H3. The fourth-order valence-corrected chi connectivity index (χ4v) is 2.24. The first kappa shape index (κ1) is 14.3. The first-order chi connectivity index (χ1) is 9.35. The Morgan fingerprint density at radius 3 is 2.70 bits per heavy atom. The van der Waals surface area contributed by atoms with Crippen LogP contribution in [0, 0.1) is 5.82 Å². The Morgan fingerprint density at radius 2 is 2.10 bits per heavy atom. The molecule has 0 saturated carbocycles. The third-order valence-corrected chi connectivity index (χ3v) is 3.25. The molecular weight excluding hydrogens is 283 g/mol. The summed E-state index contributed by atoms with van der Waals surface area (Å²) in [6, 6.07) is 6.01. The number of halogens is 1. The summed E-state index contributed by atoms with van der Waals surface area (Å²) in [5, 5.41) is 7.11. The van der Waals surface area contributed by atoms with Crippen LogP contribution in [0.3, 0.4) is 0 Å². The van der Waals surface area contributed by atoms with Crippen LogP contribution in [0.15, 0.2) is 30.5 Å². The van der Waals surface area contributed by atoms with E-state index in [0.717, 1.165) is 11.9 Å². The fraction of sp³-hybridized carbons (Fsp3) is 0.250. The molecule has 0 aliphatic heterocycles. The van der Waals surface area contributed by atoms with Gasteiger partial charge in [0.1, 0.15) is 5.82 Å². The molecule has 0 fully saturated rings. The van der Waals surface area contributed by atoms with Crippen LogP contribution in [0.2, 0.25) is 0 Å². The van der Waals surface area contributed by atoms with E-state index in [4.69, 9.17) is 0 Å². The lowest BCUT2D eigenvalue weighted by atomic mass is 10.2. The molecule has 0 aliphatic carbocycles. The highest BCUT2D eigenvalue weighted by Crippen LogP contribution is 2.21. The van der Waals surface area contributed by atoms with E-state index in [-0.39, 0.29) is 5.69 Å². The molecule has 0 aliphatic rings. The molecule has 1 heterocycles. The quantitative estimate of drug-likeness (QED) is 0.878. The molecule has 0 bridgehead atoms. The molecule has 2 aromatic rings. The van der Waals surface area contributed by atoms with Crippen LogP contribution in [0.1, 0.15) is 5.69 Å². The number of aryl methyl sites for hydroxylation is 1. The molecule has 20 heavy (non-hydrogen) atoms. The molecule has 1 aromatic heterocycles. The van der Waals surface area contributed by atoms with Crippen molar-refractivity contribution in [2.75, 3.05) is 16.3 Å². The van der Waals surface area contributed by atoms with Crippen molar-refractivity contribution in [1.82, 2.24) is 9.78 Å².